The molecular weight excluding hydrogens is 216 g/mol. The Balaban J connectivity index is 1.99. The summed E-state index contributed by atoms with van der Waals surface area (Å²) in [4.78, 5) is 2.25. The Labute approximate surface area is 102 Å². The number of nitrogens with one attached hydrogen (secondary N) is 1. The second-order valence-corrected chi connectivity index (χ2v) is 4.73. The fourth-order valence-electron chi connectivity index (χ4n) is 2.29. The van der Waals surface area contributed by atoms with E-state index in [-0.39, 0.29) is 11.5 Å². The summed E-state index contributed by atoms with van der Waals surface area (Å²) >= 11 is 0. The van der Waals surface area contributed by atoms with Gasteiger partial charge in [-0.2, -0.15) is 0 Å². The van der Waals surface area contributed by atoms with Gasteiger partial charge < -0.3 is 15.5 Å². The molecule has 0 amide bonds. The van der Waals surface area contributed by atoms with Crippen molar-refractivity contribution >= 4 is 0 Å². The average molecular weight is 236 g/mol. The van der Waals surface area contributed by atoms with Gasteiger partial charge in [0, 0.05) is 30.8 Å². The summed E-state index contributed by atoms with van der Waals surface area (Å²) in [7, 11) is 2.07. The Morgan fingerprint density at radius 1 is 1.41 bits per heavy atom. The van der Waals surface area contributed by atoms with Crippen LogP contribution in [0.4, 0.5) is 0 Å². The molecule has 1 aliphatic rings. The predicted octanol–water partition coefficient (Wildman–Crippen LogP) is 1.28. The van der Waals surface area contributed by atoms with Gasteiger partial charge in [-0.15, -0.1) is 0 Å². The first-order chi connectivity index (χ1) is 8.16. The number of hydrogen-bond acceptors (Lipinski definition) is 4. The van der Waals surface area contributed by atoms with Crippen molar-refractivity contribution in [2.24, 2.45) is 0 Å². The van der Waals surface area contributed by atoms with Crippen LogP contribution in [-0.2, 0) is 6.54 Å². The molecule has 94 valence electrons. The highest BCUT2D eigenvalue weighted by Crippen LogP contribution is 2.24. The summed E-state index contributed by atoms with van der Waals surface area (Å²) in [6.07, 6.45) is 2.40. The first-order valence-electron chi connectivity index (χ1n) is 6.08. The van der Waals surface area contributed by atoms with Gasteiger partial charge in [-0.3, -0.25) is 4.90 Å². The number of phenols is 2. The molecule has 1 heterocycles. The summed E-state index contributed by atoms with van der Waals surface area (Å²) in [5, 5.41) is 22.4. The Morgan fingerprint density at radius 2 is 2.24 bits per heavy atom. The van der Waals surface area contributed by atoms with Gasteiger partial charge in [0.25, 0.3) is 0 Å². The van der Waals surface area contributed by atoms with Crippen LogP contribution < -0.4 is 5.32 Å². The topological polar surface area (TPSA) is 55.7 Å². The molecule has 1 unspecified atom stereocenters. The molecule has 1 aromatic rings. The lowest BCUT2D eigenvalue weighted by Crippen LogP contribution is -2.43. The Kier molecular flexibility index (Phi) is 3.86. The lowest BCUT2D eigenvalue weighted by molar-refractivity contribution is 0.194. The molecule has 0 spiro atoms. The second kappa shape index (κ2) is 5.38. The SMILES string of the molecule is CN(Cc1ccc(O)cc1O)C1CCCNC1. The predicted molar refractivity (Wildman–Crippen MR) is 67.1 cm³/mol. The minimum Gasteiger partial charge on any atom is -0.508 e. The van der Waals surface area contributed by atoms with E-state index < -0.39 is 0 Å². The Morgan fingerprint density at radius 3 is 2.88 bits per heavy atom. The number of rotatable bonds is 3. The molecule has 2 rings (SSSR count). The Bertz CT molecular complexity index is 376. The number of hydrogen-bond donors (Lipinski definition) is 3. The van der Waals surface area contributed by atoms with Crippen LogP contribution in [0.3, 0.4) is 0 Å². The van der Waals surface area contributed by atoms with Gasteiger partial charge in [0.1, 0.15) is 11.5 Å². The highest BCUT2D eigenvalue weighted by molar-refractivity contribution is 5.38. The van der Waals surface area contributed by atoms with Crippen LogP contribution in [0.1, 0.15) is 18.4 Å². The number of nitrogens with zero attached hydrogens (tertiary/aromatic N) is 1. The van der Waals surface area contributed by atoms with Crippen molar-refractivity contribution in [3.8, 4) is 11.5 Å². The summed E-state index contributed by atoms with van der Waals surface area (Å²) in [5.74, 6) is 0.272. The molecule has 0 saturated carbocycles. The minimum absolute atomic E-state index is 0.105. The van der Waals surface area contributed by atoms with Gasteiger partial charge >= 0.3 is 0 Å². The molecular formula is C13H20N2O2. The number of phenolic OH excluding ortho intramolecular Hbond substituents is 2. The standard InChI is InChI=1S/C13H20N2O2/c1-15(11-3-2-6-14-8-11)9-10-4-5-12(16)7-13(10)17/h4-5,7,11,14,16-17H,2-3,6,8-9H2,1H3. The van der Waals surface area contributed by atoms with E-state index in [4.69, 9.17) is 0 Å². The second-order valence-electron chi connectivity index (χ2n) is 4.73. The zero-order valence-corrected chi connectivity index (χ0v) is 10.2. The van der Waals surface area contributed by atoms with E-state index in [0.29, 0.717) is 12.6 Å². The van der Waals surface area contributed by atoms with Gasteiger partial charge in [0.15, 0.2) is 0 Å². The van der Waals surface area contributed by atoms with Gasteiger partial charge in [0.05, 0.1) is 0 Å². The molecule has 0 aromatic heterocycles. The van der Waals surface area contributed by atoms with Crippen molar-refractivity contribution < 1.29 is 10.2 Å². The lowest BCUT2D eigenvalue weighted by Gasteiger charge is -2.31. The van der Waals surface area contributed by atoms with Crippen LogP contribution in [0.15, 0.2) is 18.2 Å². The van der Waals surface area contributed by atoms with E-state index in [1.165, 1.54) is 18.9 Å². The van der Waals surface area contributed by atoms with Gasteiger partial charge in [-0.05, 0) is 32.5 Å². The van der Waals surface area contributed by atoms with E-state index in [0.717, 1.165) is 18.7 Å². The maximum atomic E-state index is 9.74. The highest BCUT2D eigenvalue weighted by atomic mass is 16.3. The molecule has 1 aliphatic heterocycles. The summed E-state index contributed by atoms with van der Waals surface area (Å²) in [6, 6.07) is 5.30. The first kappa shape index (κ1) is 12.2. The van der Waals surface area contributed by atoms with E-state index in [1.807, 2.05) is 0 Å². The van der Waals surface area contributed by atoms with Crippen molar-refractivity contribution in [3.05, 3.63) is 23.8 Å². The fourth-order valence-corrected chi connectivity index (χ4v) is 2.29. The molecule has 0 aliphatic carbocycles. The van der Waals surface area contributed by atoms with Crippen LogP contribution in [0.25, 0.3) is 0 Å². The van der Waals surface area contributed by atoms with Gasteiger partial charge in [-0.25, -0.2) is 0 Å². The maximum Gasteiger partial charge on any atom is 0.123 e. The fraction of sp³-hybridized carbons (Fsp3) is 0.538. The maximum absolute atomic E-state index is 9.74. The highest BCUT2D eigenvalue weighted by Gasteiger charge is 2.18. The van der Waals surface area contributed by atoms with Gasteiger partial charge in [-0.1, -0.05) is 6.07 Å². The molecule has 1 aromatic carbocycles. The zero-order valence-electron chi connectivity index (χ0n) is 10.2. The molecule has 0 radical (unpaired) electrons. The molecule has 1 fully saturated rings. The normalized spacial score (nSPS) is 20.7. The lowest BCUT2D eigenvalue weighted by atomic mass is 10.1. The largest absolute Gasteiger partial charge is 0.508 e. The first-order valence-corrected chi connectivity index (χ1v) is 6.08. The molecule has 4 heteroatoms. The van der Waals surface area contributed by atoms with Crippen molar-refractivity contribution in [1.29, 1.82) is 0 Å². The van der Waals surface area contributed by atoms with Crippen molar-refractivity contribution in [1.82, 2.24) is 10.2 Å². The smallest absolute Gasteiger partial charge is 0.123 e. The molecule has 3 N–H and O–H groups in total. The summed E-state index contributed by atoms with van der Waals surface area (Å²) in [5.41, 5.74) is 0.857. The summed E-state index contributed by atoms with van der Waals surface area (Å²) < 4.78 is 0. The van der Waals surface area contributed by atoms with Crippen LogP contribution in [0.5, 0.6) is 11.5 Å². The number of likely N-dealkylation sites (N-methyl/N-ethyl adjacent to an activating group) is 1. The molecule has 0 bridgehead atoms. The third kappa shape index (κ3) is 3.11. The van der Waals surface area contributed by atoms with Crippen LogP contribution >= 0.6 is 0 Å². The van der Waals surface area contributed by atoms with Crippen LogP contribution in [0, 0.1) is 0 Å². The van der Waals surface area contributed by atoms with Crippen molar-refractivity contribution in [2.45, 2.75) is 25.4 Å². The van der Waals surface area contributed by atoms with E-state index >= 15 is 0 Å². The quantitative estimate of drug-likeness (QED) is 0.740. The third-order valence-corrected chi connectivity index (χ3v) is 3.38. The van der Waals surface area contributed by atoms with Gasteiger partial charge in [0.2, 0.25) is 0 Å². The van der Waals surface area contributed by atoms with Crippen LogP contribution in [-0.4, -0.2) is 41.3 Å². The summed E-state index contributed by atoms with van der Waals surface area (Å²) in [6.45, 7) is 2.82. The third-order valence-electron chi connectivity index (χ3n) is 3.38. The average Bonchev–Trinajstić information content (AvgIpc) is 2.34. The number of aromatic hydroxyl groups is 2. The van der Waals surface area contributed by atoms with Crippen molar-refractivity contribution in [3.63, 3.8) is 0 Å². The Hall–Kier alpha value is -1.26. The number of benzene rings is 1. The van der Waals surface area contributed by atoms with Crippen molar-refractivity contribution in [2.75, 3.05) is 20.1 Å². The van der Waals surface area contributed by atoms with E-state index in [2.05, 4.69) is 17.3 Å². The zero-order chi connectivity index (χ0) is 12.3. The molecule has 1 saturated heterocycles. The molecule has 1 atom stereocenters. The minimum atomic E-state index is 0.105. The van der Waals surface area contributed by atoms with E-state index in [1.54, 1.807) is 12.1 Å². The number of piperidine rings is 1. The monoisotopic (exact) mass is 236 g/mol. The van der Waals surface area contributed by atoms with E-state index in [9.17, 15) is 10.2 Å². The molecule has 4 nitrogen and oxygen atoms in total. The van der Waals surface area contributed by atoms with Crippen LogP contribution in [0.2, 0.25) is 0 Å². The molecule has 17 heavy (non-hydrogen) atoms.